The van der Waals surface area contributed by atoms with E-state index < -0.39 is 17.5 Å². The molecule has 3 aliphatic carbocycles. The number of fused-ring (bicyclic) bond motifs is 1. The molecule has 3 aliphatic rings. The molecule has 0 amide bonds. The van der Waals surface area contributed by atoms with E-state index in [1.54, 1.807) is 0 Å². The first-order valence-electron chi connectivity index (χ1n) is 11.5. The van der Waals surface area contributed by atoms with Gasteiger partial charge in [-0.25, -0.2) is 0 Å². The molecule has 0 aromatic rings. The van der Waals surface area contributed by atoms with Crippen LogP contribution in [0.1, 0.15) is 85.0 Å². The third kappa shape index (κ3) is 4.04. The van der Waals surface area contributed by atoms with Crippen molar-refractivity contribution in [2.45, 2.75) is 91.1 Å². The van der Waals surface area contributed by atoms with Crippen molar-refractivity contribution in [3.8, 4) is 0 Å². The summed E-state index contributed by atoms with van der Waals surface area (Å²) in [5, 5.41) is 19.0. The summed E-state index contributed by atoms with van der Waals surface area (Å²) in [6.07, 6.45) is 7.75. The second-order valence-electron chi connectivity index (χ2n) is 10.7. The number of hydrogen-bond donors (Lipinski definition) is 2. The van der Waals surface area contributed by atoms with E-state index >= 15 is 0 Å². The van der Waals surface area contributed by atoms with Crippen molar-refractivity contribution in [1.82, 2.24) is 0 Å². The van der Waals surface area contributed by atoms with Gasteiger partial charge in [-0.2, -0.15) is 0 Å². The molecule has 8 atom stereocenters. The zero-order valence-electron chi connectivity index (χ0n) is 18.2. The molecule has 0 heterocycles. The largest absolute Gasteiger partial charge is 0.481 e. The van der Waals surface area contributed by atoms with Gasteiger partial charge in [0, 0.05) is 24.7 Å². The predicted molar refractivity (Wildman–Crippen MR) is 110 cm³/mol. The summed E-state index contributed by atoms with van der Waals surface area (Å²) in [6.45, 7) is 6.62. The summed E-state index contributed by atoms with van der Waals surface area (Å²) in [7, 11) is 0. The lowest BCUT2D eigenvalue weighted by atomic mass is 9.49. The molecule has 0 radical (unpaired) electrons. The van der Waals surface area contributed by atoms with Crippen molar-refractivity contribution in [2.75, 3.05) is 0 Å². The number of aliphatic hydroxyl groups excluding tert-OH is 1. The Bertz CT molecular complexity index is 645. The number of carboxylic acids is 1. The quantitative estimate of drug-likeness (QED) is 0.617. The number of Topliss-reactive ketones (excluding diaryl/α,β-unsaturated/α-hetero) is 1. The fraction of sp³-hybridized carbons (Fsp3) is 0.875. The van der Waals surface area contributed by atoms with E-state index in [0.29, 0.717) is 37.0 Å². The Labute approximate surface area is 174 Å². The normalized spacial score (nSPS) is 43.6. The standard InChI is InChI=1S/C24H38O5/c1-15(4-7-22(28)29)18-5-6-19-17(10-13-25)20(9-12-23(18,19)2)24(3)11-8-16(26)14-21(24)27/h13,15-20,26H,4-12,14H2,1-3H3,(H,28,29)/t15-,16+,17?,18-,19?,20?,23-,24-/m1/s1. The molecule has 29 heavy (non-hydrogen) atoms. The van der Waals surface area contributed by atoms with Crippen molar-refractivity contribution >= 4 is 18.0 Å². The van der Waals surface area contributed by atoms with E-state index in [1.807, 2.05) is 0 Å². The number of carboxylic acid groups (broad SMARTS) is 1. The summed E-state index contributed by atoms with van der Waals surface area (Å²) in [6, 6.07) is 0. The number of carbonyl (C=O) groups is 3. The third-order valence-electron chi connectivity index (χ3n) is 9.25. The van der Waals surface area contributed by atoms with Gasteiger partial charge < -0.3 is 15.0 Å². The monoisotopic (exact) mass is 406 g/mol. The van der Waals surface area contributed by atoms with Crippen LogP contribution in [0.2, 0.25) is 0 Å². The van der Waals surface area contributed by atoms with Gasteiger partial charge in [0.05, 0.1) is 6.10 Å². The van der Waals surface area contributed by atoms with Crippen molar-refractivity contribution in [3.63, 3.8) is 0 Å². The maximum atomic E-state index is 13.0. The first kappa shape index (κ1) is 22.5. The van der Waals surface area contributed by atoms with Crippen LogP contribution in [-0.4, -0.2) is 34.4 Å². The van der Waals surface area contributed by atoms with Gasteiger partial charge in [0.25, 0.3) is 0 Å². The zero-order valence-corrected chi connectivity index (χ0v) is 18.2. The van der Waals surface area contributed by atoms with Crippen LogP contribution in [0.4, 0.5) is 0 Å². The molecule has 3 unspecified atom stereocenters. The summed E-state index contributed by atoms with van der Waals surface area (Å²) < 4.78 is 0. The minimum Gasteiger partial charge on any atom is -0.481 e. The Morgan fingerprint density at radius 3 is 2.52 bits per heavy atom. The smallest absolute Gasteiger partial charge is 0.303 e. The molecule has 3 rings (SSSR count). The summed E-state index contributed by atoms with van der Waals surface area (Å²) in [5.74, 6) is 1.12. The summed E-state index contributed by atoms with van der Waals surface area (Å²) >= 11 is 0. The molecule has 0 aliphatic heterocycles. The number of ketones is 1. The van der Waals surface area contributed by atoms with Gasteiger partial charge in [-0.3, -0.25) is 9.59 Å². The molecular formula is C24H38O5. The van der Waals surface area contributed by atoms with Gasteiger partial charge in [0.1, 0.15) is 12.1 Å². The minimum absolute atomic E-state index is 0.121. The molecule has 3 saturated carbocycles. The number of carbonyl (C=O) groups excluding carboxylic acids is 2. The lowest BCUT2D eigenvalue weighted by Crippen LogP contribution is -2.51. The van der Waals surface area contributed by atoms with E-state index in [0.717, 1.165) is 38.4 Å². The SMILES string of the molecule is C[C@H](CCC(=O)O)[C@H]1CCC2C(CC=O)C([C@@]3(C)CC[C@H](O)CC3=O)CC[C@@]21C. The van der Waals surface area contributed by atoms with E-state index in [9.17, 15) is 19.5 Å². The van der Waals surface area contributed by atoms with Crippen LogP contribution in [0.15, 0.2) is 0 Å². The Morgan fingerprint density at radius 2 is 1.90 bits per heavy atom. The van der Waals surface area contributed by atoms with E-state index in [2.05, 4.69) is 20.8 Å². The van der Waals surface area contributed by atoms with Crippen LogP contribution >= 0.6 is 0 Å². The second kappa shape index (κ2) is 8.49. The topological polar surface area (TPSA) is 91.7 Å². The highest BCUT2D eigenvalue weighted by atomic mass is 16.4. The number of aldehydes is 1. The molecule has 3 fully saturated rings. The van der Waals surface area contributed by atoms with Crippen molar-refractivity contribution < 1.29 is 24.6 Å². The van der Waals surface area contributed by atoms with Gasteiger partial charge in [-0.15, -0.1) is 0 Å². The zero-order chi connectivity index (χ0) is 21.4. The van der Waals surface area contributed by atoms with Crippen LogP contribution < -0.4 is 0 Å². The number of aliphatic carboxylic acids is 1. The van der Waals surface area contributed by atoms with Crippen LogP contribution in [-0.2, 0) is 14.4 Å². The molecule has 0 saturated heterocycles. The van der Waals surface area contributed by atoms with Crippen molar-refractivity contribution in [3.05, 3.63) is 0 Å². The Hall–Kier alpha value is -1.23. The van der Waals surface area contributed by atoms with E-state index in [1.165, 1.54) is 0 Å². The van der Waals surface area contributed by atoms with Crippen LogP contribution in [0, 0.1) is 40.4 Å². The minimum atomic E-state index is -0.731. The summed E-state index contributed by atoms with van der Waals surface area (Å²) in [4.78, 5) is 35.6. The highest BCUT2D eigenvalue weighted by Gasteiger charge is 2.58. The molecule has 5 nitrogen and oxygen atoms in total. The molecular weight excluding hydrogens is 368 g/mol. The van der Waals surface area contributed by atoms with Crippen LogP contribution in [0.25, 0.3) is 0 Å². The molecule has 5 heteroatoms. The van der Waals surface area contributed by atoms with Crippen molar-refractivity contribution in [1.29, 1.82) is 0 Å². The maximum absolute atomic E-state index is 13.0. The number of aliphatic hydroxyl groups is 1. The Balaban J connectivity index is 1.82. The Morgan fingerprint density at radius 1 is 1.17 bits per heavy atom. The van der Waals surface area contributed by atoms with Gasteiger partial charge >= 0.3 is 5.97 Å². The van der Waals surface area contributed by atoms with Crippen molar-refractivity contribution in [2.24, 2.45) is 40.4 Å². The van der Waals surface area contributed by atoms with E-state index in [-0.39, 0.29) is 35.9 Å². The molecule has 0 aromatic heterocycles. The molecule has 164 valence electrons. The fourth-order valence-corrected chi connectivity index (χ4v) is 7.59. The van der Waals surface area contributed by atoms with Crippen LogP contribution in [0.5, 0.6) is 0 Å². The van der Waals surface area contributed by atoms with Crippen LogP contribution in [0.3, 0.4) is 0 Å². The fourth-order valence-electron chi connectivity index (χ4n) is 7.59. The molecule has 0 aromatic carbocycles. The number of rotatable bonds is 7. The lowest BCUT2D eigenvalue weighted by molar-refractivity contribution is -0.146. The Kier molecular flexibility index (Phi) is 6.57. The third-order valence-corrected chi connectivity index (χ3v) is 9.25. The number of hydrogen-bond acceptors (Lipinski definition) is 4. The van der Waals surface area contributed by atoms with Gasteiger partial charge in [0.2, 0.25) is 0 Å². The summed E-state index contributed by atoms with van der Waals surface area (Å²) in [5.41, 5.74) is -0.309. The highest BCUT2D eigenvalue weighted by molar-refractivity contribution is 5.86. The highest BCUT2D eigenvalue weighted by Crippen LogP contribution is 2.64. The first-order valence-corrected chi connectivity index (χ1v) is 11.5. The maximum Gasteiger partial charge on any atom is 0.303 e. The first-order chi connectivity index (χ1) is 13.6. The predicted octanol–water partition coefficient (Wildman–Crippen LogP) is 4.26. The van der Waals surface area contributed by atoms with Gasteiger partial charge in [-0.05, 0) is 80.0 Å². The average molecular weight is 407 g/mol. The molecule has 0 spiro atoms. The molecule has 0 bridgehead atoms. The lowest BCUT2D eigenvalue weighted by Gasteiger charge is -2.54. The average Bonchev–Trinajstić information content (AvgIpc) is 3.01. The van der Waals surface area contributed by atoms with Gasteiger partial charge in [0.15, 0.2) is 0 Å². The second-order valence-corrected chi connectivity index (χ2v) is 10.7. The molecule has 2 N–H and O–H groups in total. The van der Waals surface area contributed by atoms with Gasteiger partial charge in [-0.1, -0.05) is 20.8 Å². The van der Waals surface area contributed by atoms with E-state index in [4.69, 9.17) is 5.11 Å².